The molecule has 1 aromatic carbocycles. The lowest BCUT2D eigenvalue weighted by molar-refractivity contribution is -0.142. The quantitative estimate of drug-likeness (QED) is 0.246. The van der Waals surface area contributed by atoms with Crippen LogP contribution in [-0.2, 0) is 46.3 Å². The third kappa shape index (κ3) is 10.4. The Labute approximate surface area is 206 Å². The van der Waals surface area contributed by atoms with Crippen LogP contribution in [0.4, 0.5) is 0 Å². The standard InChI is InChI=1S/C27H35NO7/c1-19-15-26(33)28(27(19)34)17-24(31)7-4-14-35-18-25(32)13-12-21-8-10-22(11-9-21)16-23(30)6-3-5-20(2)29/h8-11,19H,3-7,12-18H2,1-2H3. The smallest absolute Gasteiger partial charge is 0.232 e. The molecular formula is C27H35NO7. The summed E-state index contributed by atoms with van der Waals surface area (Å²) in [6, 6.07) is 7.60. The molecule has 1 saturated heterocycles. The van der Waals surface area contributed by atoms with Crippen LogP contribution >= 0.6 is 0 Å². The van der Waals surface area contributed by atoms with Crippen molar-refractivity contribution in [3.63, 3.8) is 0 Å². The largest absolute Gasteiger partial charge is 0.374 e. The van der Waals surface area contributed by atoms with Gasteiger partial charge in [0.2, 0.25) is 11.8 Å². The Morgan fingerprint density at radius 3 is 2.17 bits per heavy atom. The lowest BCUT2D eigenvalue weighted by atomic mass is 10.0. The first-order valence-electron chi connectivity index (χ1n) is 12.2. The zero-order valence-corrected chi connectivity index (χ0v) is 20.7. The molecule has 1 aliphatic heterocycles. The van der Waals surface area contributed by atoms with Gasteiger partial charge in [0, 0.05) is 51.0 Å². The van der Waals surface area contributed by atoms with Crippen molar-refractivity contribution in [2.24, 2.45) is 5.92 Å². The number of nitrogens with zero attached hydrogens (tertiary/aromatic N) is 1. The first kappa shape index (κ1) is 28.2. The maximum absolute atomic E-state index is 12.1. The van der Waals surface area contributed by atoms with E-state index in [2.05, 4.69) is 0 Å². The molecular weight excluding hydrogens is 450 g/mol. The normalized spacial score (nSPS) is 15.5. The maximum atomic E-state index is 12.1. The van der Waals surface area contributed by atoms with E-state index in [4.69, 9.17) is 4.74 Å². The number of aryl methyl sites for hydroxylation is 1. The van der Waals surface area contributed by atoms with Gasteiger partial charge in [-0.05, 0) is 37.3 Å². The predicted molar refractivity (Wildman–Crippen MR) is 129 cm³/mol. The number of ketones is 4. The summed E-state index contributed by atoms with van der Waals surface area (Å²) >= 11 is 0. The number of hydrogen-bond acceptors (Lipinski definition) is 7. The Hall–Kier alpha value is -3.00. The number of rotatable bonds is 17. The van der Waals surface area contributed by atoms with Crippen molar-refractivity contribution in [2.45, 2.75) is 71.6 Å². The molecule has 1 fully saturated rings. The van der Waals surface area contributed by atoms with Gasteiger partial charge in [-0.15, -0.1) is 0 Å². The first-order valence-corrected chi connectivity index (χ1v) is 12.2. The molecule has 0 bridgehead atoms. The van der Waals surface area contributed by atoms with E-state index in [1.54, 1.807) is 6.92 Å². The summed E-state index contributed by atoms with van der Waals surface area (Å²) in [5, 5.41) is 0. The molecule has 35 heavy (non-hydrogen) atoms. The van der Waals surface area contributed by atoms with Gasteiger partial charge in [0.05, 0.1) is 6.54 Å². The van der Waals surface area contributed by atoms with Gasteiger partial charge in [-0.3, -0.25) is 28.9 Å². The van der Waals surface area contributed by atoms with Gasteiger partial charge >= 0.3 is 0 Å². The SMILES string of the molecule is CC(=O)CCCC(=O)Cc1ccc(CCC(=O)COCCCC(=O)CN2C(=O)CC(C)C2=O)cc1. The van der Waals surface area contributed by atoms with Gasteiger partial charge in [-0.2, -0.15) is 0 Å². The van der Waals surface area contributed by atoms with Crippen LogP contribution in [0, 0.1) is 5.92 Å². The molecule has 0 radical (unpaired) electrons. The van der Waals surface area contributed by atoms with E-state index in [0.717, 1.165) is 16.0 Å². The van der Waals surface area contributed by atoms with Crippen LogP contribution in [0.15, 0.2) is 24.3 Å². The Morgan fingerprint density at radius 2 is 1.54 bits per heavy atom. The highest BCUT2D eigenvalue weighted by molar-refractivity contribution is 6.05. The molecule has 1 heterocycles. The van der Waals surface area contributed by atoms with Gasteiger partial charge in [-0.1, -0.05) is 31.2 Å². The van der Waals surface area contributed by atoms with Crippen molar-refractivity contribution >= 4 is 34.9 Å². The molecule has 1 atom stereocenters. The number of carbonyl (C=O) groups is 6. The van der Waals surface area contributed by atoms with Crippen LogP contribution < -0.4 is 0 Å². The zero-order chi connectivity index (χ0) is 25.8. The average molecular weight is 486 g/mol. The van der Waals surface area contributed by atoms with E-state index in [0.29, 0.717) is 44.9 Å². The Morgan fingerprint density at radius 1 is 0.886 bits per heavy atom. The van der Waals surface area contributed by atoms with Gasteiger partial charge in [0.1, 0.15) is 18.2 Å². The number of amides is 2. The van der Waals surface area contributed by atoms with Crippen molar-refractivity contribution < 1.29 is 33.5 Å². The molecule has 0 aliphatic carbocycles. The molecule has 0 N–H and O–H groups in total. The maximum Gasteiger partial charge on any atom is 0.232 e. The highest BCUT2D eigenvalue weighted by Crippen LogP contribution is 2.18. The number of imide groups is 1. The summed E-state index contributed by atoms with van der Waals surface area (Å²) in [6.45, 7) is 3.24. The van der Waals surface area contributed by atoms with Crippen LogP contribution in [-0.4, -0.2) is 59.6 Å². The minimum Gasteiger partial charge on any atom is -0.374 e. The van der Waals surface area contributed by atoms with E-state index >= 15 is 0 Å². The number of ether oxygens (including phenoxy) is 1. The van der Waals surface area contributed by atoms with E-state index in [1.165, 1.54) is 6.92 Å². The van der Waals surface area contributed by atoms with Crippen molar-refractivity contribution in [3.8, 4) is 0 Å². The second-order valence-corrected chi connectivity index (χ2v) is 9.24. The highest BCUT2D eigenvalue weighted by Gasteiger charge is 2.36. The lowest BCUT2D eigenvalue weighted by Gasteiger charge is -2.13. The summed E-state index contributed by atoms with van der Waals surface area (Å²) < 4.78 is 5.37. The molecule has 190 valence electrons. The fourth-order valence-corrected chi connectivity index (χ4v) is 3.86. The van der Waals surface area contributed by atoms with Crippen LogP contribution in [0.2, 0.25) is 0 Å². The lowest BCUT2D eigenvalue weighted by Crippen LogP contribution is -2.35. The van der Waals surface area contributed by atoms with Gasteiger partial charge in [-0.25, -0.2) is 0 Å². The summed E-state index contributed by atoms with van der Waals surface area (Å²) in [5.74, 6) is -0.990. The third-order valence-corrected chi connectivity index (χ3v) is 5.91. The van der Waals surface area contributed by atoms with Crippen molar-refractivity contribution in [2.75, 3.05) is 19.8 Å². The van der Waals surface area contributed by atoms with E-state index in [9.17, 15) is 28.8 Å². The molecule has 8 heteroatoms. The van der Waals surface area contributed by atoms with E-state index in [1.807, 2.05) is 24.3 Å². The second-order valence-electron chi connectivity index (χ2n) is 9.24. The number of carbonyl (C=O) groups excluding carboxylic acids is 6. The fraction of sp³-hybridized carbons (Fsp3) is 0.556. The minimum atomic E-state index is -0.360. The van der Waals surface area contributed by atoms with Gasteiger partial charge < -0.3 is 9.53 Å². The highest BCUT2D eigenvalue weighted by atomic mass is 16.5. The number of hydrogen-bond donors (Lipinski definition) is 0. The Bertz CT molecular complexity index is 935. The van der Waals surface area contributed by atoms with Crippen LogP contribution in [0.5, 0.6) is 0 Å². The third-order valence-electron chi connectivity index (χ3n) is 5.91. The molecule has 0 saturated carbocycles. The molecule has 2 rings (SSSR count). The number of Topliss-reactive ketones (excluding diaryl/α,β-unsaturated/α-hetero) is 4. The molecule has 2 amide bonds. The number of likely N-dealkylation sites (tertiary alicyclic amines) is 1. The van der Waals surface area contributed by atoms with Crippen LogP contribution in [0.3, 0.4) is 0 Å². The predicted octanol–water partition coefficient (Wildman–Crippen LogP) is 2.82. The summed E-state index contributed by atoms with van der Waals surface area (Å²) in [5.41, 5.74) is 1.91. The zero-order valence-electron chi connectivity index (χ0n) is 20.7. The van der Waals surface area contributed by atoms with Crippen LogP contribution in [0.1, 0.15) is 69.9 Å². The topological polar surface area (TPSA) is 115 Å². The van der Waals surface area contributed by atoms with Gasteiger partial charge in [0.15, 0.2) is 11.6 Å². The summed E-state index contributed by atoms with van der Waals surface area (Å²) in [7, 11) is 0. The van der Waals surface area contributed by atoms with Gasteiger partial charge in [0.25, 0.3) is 0 Å². The molecule has 1 aliphatic rings. The van der Waals surface area contributed by atoms with E-state index in [-0.39, 0.29) is 73.5 Å². The average Bonchev–Trinajstić information content (AvgIpc) is 3.04. The fourth-order valence-electron chi connectivity index (χ4n) is 3.86. The monoisotopic (exact) mass is 485 g/mol. The summed E-state index contributed by atoms with van der Waals surface area (Å²) in [4.78, 5) is 71.6. The van der Waals surface area contributed by atoms with Crippen LogP contribution in [0.25, 0.3) is 0 Å². The molecule has 0 spiro atoms. The molecule has 1 unspecified atom stereocenters. The van der Waals surface area contributed by atoms with Crippen molar-refractivity contribution in [3.05, 3.63) is 35.4 Å². The van der Waals surface area contributed by atoms with E-state index < -0.39 is 0 Å². The van der Waals surface area contributed by atoms with Crippen molar-refractivity contribution in [1.29, 1.82) is 0 Å². The minimum absolute atomic E-state index is 0.0261. The second kappa shape index (κ2) is 14.4. The summed E-state index contributed by atoms with van der Waals surface area (Å²) in [6.07, 6.45) is 3.44. The van der Waals surface area contributed by atoms with Crippen molar-refractivity contribution in [1.82, 2.24) is 4.90 Å². The first-order chi connectivity index (χ1) is 16.7. The Balaban J connectivity index is 1.56. The molecule has 0 aromatic heterocycles. The Kier molecular flexibility index (Phi) is 11.6. The number of benzene rings is 1. The molecule has 8 nitrogen and oxygen atoms in total. The molecule has 1 aromatic rings.